The molecule has 2 aliphatic carbocycles. The molecule has 15 heteroatoms. The van der Waals surface area contributed by atoms with Crippen LogP contribution in [0.3, 0.4) is 0 Å². The van der Waals surface area contributed by atoms with Crippen LogP contribution in [0.15, 0.2) is 119 Å². The summed E-state index contributed by atoms with van der Waals surface area (Å²) in [7, 11) is 0. The van der Waals surface area contributed by atoms with E-state index < -0.39 is 23.5 Å². The maximum absolute atomic E-state index is 13.9. The van der Waals surface area contributed by atoms with E-state index in [1.165, 1.54) is 32.0 Å². The zero-order valence-electron chi connectivity index (χ0n) is 42.1. The Morgan fingerprint density at radius 3 is 1.80 bits per heavy atom. The van der Waals surface area contributed by atoms with E-state index >= 15 is 0 Å². The van der Waals surface area contributed by atoms with Crippen molar-refractivity contribution in [3.05, 3.63) is 148 Å². The van der Waals surface area contributed by atoms with E-state index in [9.17, 15) is 24.0 Å². The number of carbonyl (C=O) groups is 5. The highest BCUT2D eigenvalue weighted by molar-refractivity contribution is 7.80. The average molecular weight is 1010 g/mol. The Hall–Kier alpha value is -7.91. The highest BCUT2D eigenvalue weighted by Crippen LogP contribution is 2.57. The number of ether oxygens (including phenoxy) is 4. The number of benzene rings is 6. The third kappa shape index (κ3) is 9.14. The Bertz CT molecular complexity index is 3410. The average Bonchev–Trinajstić information content (AvgIpc) is 3.69. The first kappa shape index (κ1) is 49.7. The van der Waals surface area contributed by atoms with E-state index in [-0.39, 0.29) is 58.0 Å². The number of anilines is 1. The molecule has 1 saturated carbocycles. The van der Waals surface area contributed by atoms with Gasteiger partial charge in [0.25, 0.3) is 11.8 Å². The minimum atomic E-state index is -1.50. The van der Waals surface area contributed by atoms with Crippen LogP contribution in [0.5, 0.6) is 23.0 Å². The van der Waals surface area contributed by atoms with Gasteiger partial charge in [0, 0.05) is 118 Å². The zero-order valence-corrected chi connectivity index (χ0v) is 43.0. The van der Waals surface area contributed by atoms with Gasteiger partial charge in [-0.15, -0.1) is 12.6 Å². The van der Waals surface area contributed by atoms with Crippen molar-refractivity contribution >= 4 is 59.0 Å². The van der Waals surface area contributed by atoms with Gasteiger partial charge in [-0.1, -0.05) is 12.1 Å². The van der Waals surface area contributed by atoms with E-state index in [1.807, 2.05) is 18.2 Å². The number of carbonyl (C=O) groups excluding carboxylic acids is 5. The zero-order chi connectivity index (χ0) is 52.0. The Labute approximate surface area is 434 Å². The summed E-state index contributed by atoms with van der Waals surface area (Å²) in [5, 5.41) is 8.41. The summed E-state index contributed by atoms with van der Waals surface area (Å²) in [6.07, 6.45) is 2.56. The van der Waals surface area contributed by atoms with E-state index in [2.05, 4.69) is 84.2 Å². The third-order valence-electron chi connectivity index (χ3n) is 14.4. The highest BCUT2D eigenvalue weighted by atomic mass is 32.1. The van der Waals surface area contributed by atoms with Crippen LogP contribution in [0.25, 0.3) is 33.4 Å². The molecular formula is C59H57N4O10S+. The van der Waals surface area contributed by atoms with E-state index in [0.717, 1.165) is 70.6 Å². The standard InChI is InChI=1S/C59H56N4O10S/c1-7-62(8-2)39-17-22-43-50(29-39)71-51-30-40(63(9-3)10-4)18-23-44(51)55(43)45-21-11-36(28-54(45)74)57(67)61-38-15-13-37(14-16-38)60-56(66)35-12-24-47-46(27-35)58(68)73-59(47)48-25-19-41(69-33(5)64)31-52(48)72-53-32-42(70-34(6)65)20-26-49(53)59/h11-12,17-32,37-38H,7-10,13-16H2,1-6H3,(H2,60,61,66,67)/p+1. The fraction of sp³-hybridized carbons (Fsp3) is 0.288. The van der Waals surface area contributed by atoms with Gasteiger partial charge in [-0.2, -0.15) is 0 Å². The van der Waals surface area contributed by atoms with Crippen LogP contribution in [0.4, 0.5) is 5.69 Å². The lowest BCUT2D eigenvalue weighted by Crippen LogP contribution is -2.43. The normalized spacial score (nSPS) is 16.1. The maximum Gasteiger partial charge on any atom is 0.340 e. The molecule has 74 heavy (non-hydrogen) atoms. The van der Waals surface area contributed by atoms with Gasteiger partial charge in [0.2, 0.25) is 5.36 Å². The Morgan fingerprint density at radius 1 is 0.662 bits per heavy atom. The van der Waals surface area contributed by atoms with Crippen molar-refractivity contribution in [2.24, 2.45) is 0 Å². The molecule has 1 spiro atoms. The predicted molar refractivity (Wildman–Crippen MR) is 284 cm³/mol. The topological polar surface area (TPSA) is 166 Å². The maximum atomic E-state index is 13.9. The summed E-state index contributed by atoms with van der Waals surface area (Å²) in [6.45, 7) is 14.6. The molecule has 0 saturated heterocycles. The Morgan fingerprint density at radius 2 is 1.23 bits per heavy atom. The third-order valence-corrected chi connectivity index (χ3v) is 14.8. The molecule has 0 aromatic heterocycles. The van der Waals surface area contributed by atoms with Gasteiger partial charge in [-0.25, -0.2) is 9.37 Å². The van der Waals surface area contributed by atoms with Gasteiger partial charge >= 0.3 is 17.9 Å². The smallest absolute Gasteiger partial charge is 0.340 e. The van der Waals surface area contributed by atoms with Gasteiger partial charge < -0.3 is 38.9 Å². The summed E-state index contributed by atoms with van der Waals surface area (Å²) in [5.41, 5.74) is 5.59. The van der Waals surface area contributed by atoms with E-state index in [0.29, 0.717) is 52.8 Å². The summed E-state index contributed by atoms with van der Waals surface area (Å²) in [6, 6.07) is 32.6. The molecule has 0 bridgehead atoms. The molecule has 3 heterocycles. The van der Waals surface area contributed by atoms with Crippen molar-refractivity contribution in [2.75, 3.05) is 31.1 Å². The van der Waals surface area contributed by atoms with Crippen LogP contribution in [0, 0.1) is 0 Å². The quantitative estimate of drug-likeness (QED) is 0.0351. The molecule has 2 amide bonds. The number of thiol groups is 1. The van der Waals surface area contributed by atoms with Gasteiger partial charge in [-0.05, 0) is 126 Å². The van der Waals surface area contributed by atoms with Crippen molar-refractivity contribution in [1.29, 1.82) is 0 Å². The second-order valence-electron chi connectivity index (χ2n) is 18.8. The highest BCUT2D eigenvalue weighted by Gasteiger charge is 2.54. The minimum absolute atomic E-state index is 0.103. The second kappa shape index (κ2) is 20.2. The number of fused-ring (bicyclic) bond motifs is 8. The molecule has 0 unspecified atom stereocenters. The number of amides is 2. The number of nitrogens with one attached hydrogen (secondary N) is 2. The lowest BCUT2D eigenvalue weighted by molar-refractivity contribution is -0.132. The number of nitrogens with zero attached hydrogens (tertiary/aromatic N) is 2. The lowest BCUT2D eigenvalue weighted by Gasteiger charge is -2.36. The predicted octanol–water partition coefficient (Wildman–Crippen LogP) is 10.0. The SMILES string of the molecule is CCN(CC)c1ccc2c(-c3ccc(C(=O)NC4CCC(NC(=O)c5ccc6c(c5)C(=O)OC65c6ccc(OC(C)=O)cc6Oc6cc(OC(C)=O)ccc65)CC4)cc3S)c3ccc(=[N+](CC)CC)cc-3oc2c1. The second-order valence-corrected chi connectivity index (χ2v) is 19.3. The first-order valence-corrected chi connectivity index (χ1v) is 25.7. The van der Waals surface area contributed by atoms with Crippen molar-refractivity contribution in [3.8, 4) is 45.4 Å². The molecule has 5 aliphatic rings. The van der Waals surface area contributed by atoms with Crippen molar-refractivity contribution in [1.82, 2.24) is 15.2 Å². The summed E-state index contributed by atoms with van der Waals surface area (Å²) in [4.78, 5) is 68.2. The van der Waals surface area contributed by atoms with E-state index in [4.69, 9.17) is 36.0 Å². The Balaban J connectivity index is 0.839. The molecule has 3 aliphatic heterocycles. The number of rotatable bonds is 12. The molecule has 0 radical (unpaired) electrons. The largest absolute Gasteiger partial charge is 0.456 e. The lowest BCUT2D eigenvalue weighted by atomic mass is 9.77. The van der Waals surface area contributed by atoms with Gasteiger partial charge in [0.1, 0.15) is 47.4 Å². The van der Waals surface area contributed by atoms with Gasteiger partial charge in [0.15, 0.2) is 5.60 Å². The molecule has 5 aromatic carbocycles. The molecule has 5 aromatic rings. The van der Waals surface area contributed by atoms with Crippen molar-refractivity contribution in [3.63, 3.8) is 0 Å². The monoisotopic (exact) mass is 1010 g/mol. The summed E-state index contributed by atoms with van der Waals surface area (Å²) in [5.74, 6) is -0.530. The molecule has 14 nitrogen and oxygen atoms in total. The number of hydrogen-bond acceptors (Lipinski definition) is 12. The van der Waals surface area contributed by atoms with Crippen LogP contribution in [-0.4, -0.2) is 68.0 Å². The molecular weight excluding hydrogens is 957 g/mol. The molecule has 2 N–H and O–H groups in total. The Kier molecular flexibility index (Phi) is 13.5. The van der Waals surface area contributed by atoms with Crippen molar-refractivity contribution in [2.45, 2.75) is 89.8 Å². The molecule has 10 rings (SSSR count). The minimum Gasteiger partial charge on any atom is -0.456 e. The first-order valence-electron chi connectivity index (χ1n) is 25.2. The first-order chi connectivity index (χ1) is 35.7. The van der Waals surface area contributed by atoms with E-state index in [1.54, 1.807) is 36.4 Å². The van der Waals surface area contributed by atoms with Crippen LogP contribution in [0.1, 0.15) is 115 Å². The molecule has 0 atom stereocenters. The van der Waals surface area contributed by atoms with Gasteiger partial charge in [-0.3, -0.25) is 19.2 Å². The molecule has 378 valence electrons. The van der Waals surface area contributed by atoms with Crippen LogP contribution in [0.2, 0.25) is 0 Å². The number of esters is 3. The van der Waals surface area contributed by atoms with Crippen LogP contribution < -0.4 is 39.7 Å². The molecule has 1 fully saturated rings. The fourth-order valence-corrected chi connectivity index (χ4v) is 11.1. The summed E-state index contributed by atoms with van der Waals surface area (Å²) < 4.78 is 32.2. The van der Waals surface area contributed by atoms with Crippen LogP contribution in [-0.2, 0) is 19.9 Å². The number of hydrogen-bond donors (Lipinski definition) is 3. The van der Waals surface area contributed by atoms with Gasteiger partial charge in [0.05, 0.1) is 11.6 Å². The fourth-order valence-electron chi connectivity index (χ4n) is 10.8. The summed E-state index contributed by atoms with van der Waals surface area (Å²) >= 11 is 5.00. The van der Waals surface area contributed by atoms with Crippen molar-refractivity contribution < 1.29 is 47.3 Å². The van der Waals surface area contributed by atoms with Crippen LogP contribution >= 0.6 is 12.6 Å².